The van der Waals surface area contributed by atoms with Crippen molar-refractivity contribution >= 4 is 88.1 Å². The van der Waals surface area contributed by atoms with E-state index < -0.39 is 6.17 Å². The number of hydrogen-bond donors (Lipinski definition) is 1. The maximum Gasteiger partial charge on any atom is 0.159 e. The van der Waals surface area contributed by atoms with E-state index in [0.29, 0.717) is 11.7 Å². The highest BCUT2D eigenvalue weighted by Crippen LogP contribution is 2.41. The van der Waals surface area contributed by atoms with Gasteiger partial charge >= 0.3 is 0 Å². The Hall–Kier alpha value is -7.44. The van der Waals surface area contributed by atoms with Crippen molar-refractivity contribution in [3.8, 4) is 5.69 Å². The Bertz CT molecular complexity index is 3420. The van der Waals surface area contributed by atoms with Gasteiger partial charge < -0.3 is 18.7 Å². The van der Waals surface area contributed by atoms with Crippen molar-refractivity contribution in [2.45, 2.75) is 6.17 Å². The van der Waals surface area contributed by atoms with Crippen LogP contribution in [0.1, 0.15) is 22.9 Å². The molecule has 0 fully saturated rings. The Balaban J connectivity index is 1.15. The molecule has 6 nitrogen and oxygen atoms in total. The highest BCUT2D eigenvalue weighted by atomic mass is 16.3. The number of amidine groups is 2. The average Bonchev–Trinajstić information content (AvgIpc) is 3.92. The second-order valence-electron chi connectivity index (χ2n) is 14.2. The Kier molecular flexibility index (Phi) is 6.30. The normalized spacial score (nSPS) is 14.7. The van der Waals surface area contributed by atoms with E-state index in [1.165, 1.54) is 21.5 Å². The van der Waals surface area contributed by atoms with Crippen molar-refractivity contribution in [1.29, 1.82) is 0 Å². The molecule has 0 radical (unpaired) electrons. The van der Waals surface area contributed by atoms with E-state index in [2.05, 4.69) is 131 Å². The van der Waals surface area contributed by atoms with E-state index in [1.807, 2.05) is 48.5 Å². The molecule has 1 aliphatic heterocycles. The lowest BCUT2D eigenvalue weighted by Gasteiger charge is -2.24. The Labute approximate surface area is 314 Å². The third kappa shape index (κ3) is 4.55. The molecule has 0 bridgehead atoms. The summed E-state index contributed by atoms with van der Waals surface area (Å²) in [5.41, 5.74) is 9.24. The average molecular weight is 707 g/mol. The van der Waals surface area contributed by atoms with Crippen molar-refractivity contribution in [2.24, 2.45) is 9.98 Å². The molecule has 6 heteroatoms. The number of aromatic nitrogens is 1. The van der Waals surface area contributed by atoms with Crippen LogP contribution in [0, 0.1) is 0 Å². The smallest absolute Gasteiger partial charge is 0.159 e. The maximum atomic E-state index is 6.68. The minimum Gasteiger partial charge on any atom is -0.456 e. The van der Waals surface area contributed by atoms with Gasteiger partial charge in [-0.15, -0.1) is 0 Å². The quantitative estimate of drug-likeness (QED) is 0.198. The molecule has 0 spiro atoms. The number of rotatable bonds is 4. The third-order valence-electron chi connectivity index (χ3n) is 11.0. The molecule has 0 saturated carbocycles. The first-order valence-electron chi connectivity index (χ1n) is 18.5. The van der Waals surface area contributed by atoms with Crippen LogP contribution in [0.25, 0.3) is 82.1 Å². The molecule has 1 aliphatic rings. The fourth-order valence-corrected chi connectivity index (χ4v) is 8.51. The van der Waals surface area contributed by atoms with Crippen molar-refractivity contribution in [3.63, 3.8) is 0 Å². The predicted molar refractivity (Wildman–Crippen MR) is 225 cm³/mol. The van der Waals surface area contributed by atoms with E-state index in [-0.39, 0.29) is 0 Å². The number of nitrogens with zero attached hydrogens (tertiary/aromatic N) is 3. The fourth-order valence-electron chi connectivity index (χ4n) is 8.51. The molecule has 8 aromatic carbocycles. The molecular weight excluding hydrogens is 677 g/mol. The van der Waals surface area contributed by atoms with Crippen LogP contribution in [0.15, 0.2) is 189 Å². The molecule has 4 heterocycles. The van der Waals surface area contributed by atoms with Gasteiger partial charge in [0.2, 0.25) is 0 Å². The third-order valence-corrected chi connectivity index (χ3v) is 11.0. The van der Waals surface area contributed by atoms with Crippen LogP contribution in [0.3, 0.4) is 0 Å². The van der Waals surface area contributed by atoms with Gasteiger partial charge in [-0.1, -0.05) is 121 Å². The minimum atomic E-state index is -0.391. The minimum absolute atomic E-state index is 0.391. The summed E-state index contributed by atoms with van der Waals surface area (Å²) in [7, 11) is 0. The van der Waals surface area contributed by atoms with Gasteiger partial charge in [-0.05, 0) is 64.9 Å². The van der Waals surface area contributed by atoms with Gasteiger partial charge in [-0.25, -0.2) is 9.98 Å². The summed E-state index contributed by atoms with van der Waals surface area (Å²) >= 11 is 0. The zero-order valence-corrected chi connectivity index (χ0v) is 29.4. The van der Waals surface area contributed by atoms with Gasteiger partial charge in [-0.3, -0.25) is 0 Å². The van der Waals surface area contributed by atoms with Crippen LogP contribution in [-0.2, 0) is 0 Å². The molecule has 3 aromatic heterocycles. The summed E-state index contributed by atoms with van der Waals surface area (Å²) in [6, 6.07) is 59.2. The SMILES string of the molecule is c1ccc(C2N=C(c3cc(-n4c5ccccc5c5cc6ccccc6cc54)c4c(c3)oc3ccccc34)N=C(c3cccc4c3oc3ccccc34)N2)cc1. The Morgan fingerprint density at radius 1 is 0.509 bits per heavy atom. The van der Waals surface area contributed by atoms with E-state index in [1.54, 1.807) is 0 Å². The molecule has 12 rings (SSSR count). The number of aliphatic imine (C=N–C) groups is 2. The predicted octanol–water partition coefficient (Wildman–Crippen LogP) is 12.2. The van der Waals surface area contributed by atoms with Gasteiger partial charge in [0.25, 0.3) is 0 Å². The Morgan fingerprint density at radius 3 is 2.05 bits per heavy atom. The highest BCUT2D eigenvalue weighted by Gasteiger charge is 2.26. The number of benzene rings is 8. The first-order chi connectivity index (χ1) is 27.2. The van der Waals surface area contributed by atoms with Crippen molar-refractivity contribution < 1.29 is 8.83 Å². The lowest BCUT2D eigenvalue weighted by Crippen LogP contribution is -2.33. The van der Waals surface area contributed by atoms with E-state index in [0.717, 1.165) is 77.3 Å². The summed E-state index contributed by atoms with van der Waals surface area (Å²) in [5, 5.41) is 12.7. The largest absolute Gasteiger partial charge is 0.456 e. The number of para-hydroxylation sites is 4. The Morgan fingerprint density at radius 2 is 1.20 bits per heavy atom. The van der Waals surface area contributed by atoms with Crippen LogP contribution in [0.4, 0.5) is 0 Å². The summed E-state index contributed by atoms with van der Waals surface area (Å²) in [6.07, 6.45) is -0.391. The molecule has 55 heavy (non-hydrogen) atoms. The first kappa shape index (κ1) is 30.1. The monoisotopic (exact) mass is 706 g/mol. The van der Waals surface area contributed by atoms with E-state index >= 15 is 0 Å². The van der Waals surface area contributed by atoms with Gasteiger partial charge in [0.05, 0.1) is 27.7 Å². The molecule has 0 amide bonds. The van der Waals surface area contributed by atoms with Gasteiger partial charge in [0.15, 0.2) is 5.84 Å². The van der Waals surface area contributed by atoms with E-state index in [4.69, 9.17) is 18.8 Å². The lowest BCUT2D eigenvalue weighted by atomic mass is 10.0. The zero-order chi connectivity index (χ0) is 36.0. The molecule has 0 saturated heterocycles. The first-order valence-corrected chi connectivity index (χ1v) is 18.5. The van der Waals surface area contributed by atoms with Crippen LogP contribution >= 0.6 is 0 Å². The van der Waals surface area contributed by atoms with Gasteiger partial charge in [-0.2, -0.15) is 0 Å². The second-order valence-corrected chi connectivity index (χ2v) is 14.2. The zero-order valence-electron chi connectivity index (χ0n) is 29.4. The topological polar surface area (TPSA) is 68.0 Å². The van der Waals surface area contributed by atoms with Crippen molar-refractivity contribution in [3.05, 3.63) is 187 Å². The fraction of sp³-hybridized carbons (Fsp3) is 0.0204. The van der Waals surface area contributed by atoms with Crippen LogP contribution in [-0.4, -0.2) is 16.2 Å². The molecular formula is C49H30N4O2. The van der Waals surface area contributed by atoms with Crippen LogP contribution in [0.5, 0.6) is 0 Å². The number of fused-ring (bicyclic) bond motifs is 10. The summed E-state index contributed by atoms with van der Waals surface area (Å²) < 4.78 is 15.6. The second kappa shape index (κ2) is 11.5. The van der Waals surface area contributed by atoms with Crippen molar-refractivity contribution in [1.82, 2.24) is 9.88 Å². The number of furan rings is 2. The summed E-state index contributed by atoms with van der Waals surface area (Å²) in [5.74, 6) is 1.30. The summed E-state index contributed by atoms with van der Waals surface area (Å²) in [6.45, 7) is 0. The van der Waals surface area contributed by atoms with Crippen molar-refractivity contribution in [2.75, 3.05) is 0 Å². The summed E-state index contributed by atoms with van der Waals surface area (Å²) in [4.78, 5) is 10.6. The maximum absolute atomic E-state index is 6.68. The van der Waals surface area contributed by atoms with Crippen LogP contribution in [0.2, 0.25) is 0 Å². The molecule has 0 aliphatic carbocycles. The van der Waals surface area contributed by atoms with Gasteiger partial charge in [0, 0.05) is 32.5 Å². The van der Waals surface area contributed by atoms with Gasteiger partial charge in [0.1, 0.15) is 34.3 Å². The molecule has 1 atom stereocenters. The lowest BCUT2D eigenvalue weighted by molar-refractivity contribution is 0.659. The molecule has 1 N–H and O–H groups in total. The standard InChI is InChI=1S/C49H30N4O2/c1-2-13-29(14-3-1)47-50-48(52-49(51-47)37-21-12-20-35-34-18-7-10-23-42(34)55-46(35)37)32-27-41(45-36-19-8-11-24-43(36)54-44(45)28-32)53-39-22-9-6-17-33(39)38-25-30-15-4-5-16-31(30)26-40(38)53/h1-28,47H,(H,50,51,52). The molecule has 11 aromatic rings. The van der Waals surface area contributed by atoms with Crippen LogP contribution < -0.4 is 5.32 Å². The molecule has 258 valence electrons. The molecule has 1 unspecified atom stereocenters. The number of nitrogens with one attached hydrogen (secondary N) is 1. The number of hydrogen-bond acceptors (Lipinski definition) is 5. The highest BCUT2D eigenvalue weighted by molar-refractivity contribution is 6.22. The van der Waals surface area contributed by atoms with E-state index in [9.17, 15) is 0 Å².